The van der Waals surface area contributed by atoms with Gasteiger partial charge in [-0.3, -0.25) is 4.79 Å². The maximum absolute atomic E-state index is 14.3. The molecule has 2 aromatic carbocycles. The molecule has 7 rings (SSSR count). The first-order valence-corrected chi connectivity index (χ1v) is 19.3. The Kier molecular flexibility index (Phi) is 11.3. The van der Waals surface area contributed by atoms with Crippen molar-refractivity contribution in [1.29, 1.82) is 0 Å². The van der Waals surface area contributed by atoms with E-state index >= 15 is 0 Å². The maximum atomic E-state index is 14.3. The summed E-state index contributed by atoms with van der Waals surface area (Å²) >= 11 is 1.50. The van der Waals surface area contributed by atoms with Crippen molar-refractivity contribution in [2.24, 2.45) is 5.41 Å². The SMILES string of the molecule is CC1=CCCC2(C)C(CCC2(O)CN(CC2CCCO2)C(=O)NC(C)c2ccccc2)c2ccc(cc2C(=O)c2ccc(C)s2)CC(O)CC1. The Hall–Kier alpha value is -3.30. The standard InChI is InChI=1S/C42H54N2O5S/c1-28-10-8-21-41(4)37(35-18-16-31(24-33(45)17-14-28)25-36(35)39(46)38-19-15-29(2)50-38)20-22-42(41,48)27-44(26-34-13-9-23-49-34)40(47)43-30(3)32-11-6-5-7-12-32/h5-7,10-12,15-16,18-19,25,30,33-34,37,45,48H,8-9,13-14,17,20-24,26-27H2,1-4H3,(H,43,47). The van der Waals surface area contributed by atoms with Crippen LogP contribution in [0.2, 0.25) is 0 Å². The van der Waals surface area contributed by atoms with E-state index in [9.17, 15) is 19.8 Å². The van der Waals surface area contributed by atoms with Crippen LogP contribution in [-0.2, 0) is 11.2 Å². The number of carbonyl (C=O) groups is 2. The van der Waals surface area contributed by atoms with Crippen LogP contribution in [0.15, 0.2) is 72.3 Å². The van der Waals surface area contributed by atoms with Crippen molar-refractivity contribution in [3.8, 4) is 0 Å². The van der Waals surface area contributed by atoms with Gasteiger partial charge in [0.05, 0.1) is 35.3 Å². The van der Waals surface area contributed by atoms with Gasteiger partial charge in [0.15, 0.2) is 0 Å². The highest BCUT2D eigenvalue weighted by Crippen LogP contribution is 2.59. The zero-order valence-electron chi connectivity index (χ0n) is 30.1. The monoisotopic (exact) mass is 698 g/mol. The Morgan fingerprint density at radius 2 is 1.86 bits per heavy atom. The van der Waals surface area contributed by atoms with Crippen LogP contribution in [0, 0.1) is 12.3 Å². The topological polar surface area (TPSA) is 99.1 Å². The molecule has 2 fully saturated rings. The highest BCUT2D eigenvalue weighted by molar-refractivity contribution is 7.14. The zero-order valence-corrected chi connectivity index (χ0v) is 30.9. The second kappa shape index (κ2) is 15.5. The van der Waals surface area contributed by atoms with Crippen LogP contribution in [0.3, 0.4) is 0 Å². The number of aliphatic hydroxyl groups excluding tert-OH is 1. The van der Waals surface area contributed by atoms with Gasteiger partial charge in [-0.25, -0.2) is 4.79 Å². The summed E-state index contributed by atoms with van der Waals surface area (Å²) in [5.41, 5.74) is 2.95. The molecule has 50 heavy (non-hydrogen) atoms. The van der Waals surface area contributed by atoms with Crippen LogP contribution in [-0.4, -0.2) is 64.4 Å². The van der Waals surface area contributed by atoms with Crippen LogP contribution >= 0.6 is 11.3 Å². The molecule has 0 radical (unpaired) electrons. The molecule has 2 heterocycles. The Bertz CT molecular complexity index is 1680. The number of aryl methyl sites for hydroxylation is 1. The number of ketones is 1. The Morgan fingerprint density at radius 3 is 2.58 bits per heavy atom. The van der Waals surface area contributed by atoms with Crippen LogP contribution in [0.5, 0.6) is 0 Å². The Balaban J connectivity index is 1.38. The van der Waals surface area contributed by atoms with Crippen LogP contribution in [0.4, 0.5) is 4.79 Å². The predicted molar refractivity (Wildman–Crippen MR) is 200 cm³/mol. The van der Waals surface area contributed by atoms with E-state index in [4.69, 9.17) is 4.74 Å². The number of ether oxygens (including phenoxy) is 1. The highest BCUT2D eigenvalue weighted by atomic mass is 32.1. The summed E-state index contributed by atoms with van der Waals surface area (Å²) in [5, 5.41) is 27.1. The number of urea groups is 1. The van der Waals surface area contributed by atoms with E-state index in [1.54, 1.807) is 4.90 Å². The fourth-order valence-corrected chi connectivity index (χ4v) is 9.38. The van der Waals surface area contributed by atoms with Crippen molar-refractivity contribution in [2.75, 3.05) is 19.7 Å². The van der Waals surface area contributed by atoms with E-state index in [0.717, 1.165) is 47.3 Å². The quantitative estimate of drug-likeness (QED) is 0.163. The van der Waals surface area contributed by atoms with Crippen molar-refractivity contribution in [1.82, 2.24) is 10.2 Å². The molecule has 1 aliphatic heterocycles. The summed E-state index contributed by atoms with van der Waals surface area (Å²) in [6.07, 6.45) is 8.10. The third-order valence-corrected chi connectivity index (χ3v) is 12.7. The van der Waals surface area contributed by atoms with Crippen molar-refractivity contribution < 1.29 is 24.5 Å². The number of rotatable bonds is 8. The minimum Gasteiger partial charge on any atom is -0.393 e. The average Bonchev–Trinajstić information content (AvgIpc) is 3.84. The number of nitrogens with one attached hydrogen (secondary N) is 1. The number of benzene rings is 2. The molecule has 2 bridgehead atoms. The van der Waals surface area contributed by atoms with Gasteiger partial charge in [0.2, 0.25) is 5.78 Å². The second-order valence-corrected chi connectivity index (χ2v) is 16.6. The van der Waals surface area contributed by atoms with Gasteiger partial charge in [0.25, 0.3) is 0 Å². The number of carbonyl (C=O) groups excluding carboxylic acids is 2. The number of thiophene rings is 1. The lowest BCUT2D eigenvalue weighted by molar-refractivity contribution is -0.0808. The summed E-state index contributed by atoms with van der Waals surface area (Å²) in [6, 6.07) is 19.5. The zero-order chi connectivity index (χ0) is 35.5. The summed E-state index contributed by atoms with van der Waals surface area (Å²) in [7, 11) is 0. The average molecular weight is 699 g/mol. The van der Waals surface area contributed by atoms with Gasteiger partial charge in [-0.15, -0.1) is 11.3 Å². The minimum absolute atomic E-state index is 0.00986. The van der Waals surface area contributed by atoms with E-state index in [1.807, 2.05) is 62.4 Å². The Morgan fingerprint density at radius 1 is 1.06 bits per heavy atom. The molecule has 7 nitrogen and oxygen atoms in total. The second-order valence-electron chi connectivity index (χ2n) is 15.3. The highest BCUT2D eigenvalue weighted by Gasteiger charge is 2.58. The smallest absolute Gasteiger partial charge is 0.318 e. The van der Waals surface area contributed by atoms with Gasteiger partial charge >= 0.3 is 6.03 Å². The molecular weight excluding hydrogens is 645 g/mol. The summed E-state index contributed by atoms with van der Waals surface area (Å²) in [4.78, 5) is 32.0. The van der Waals surface area contributed by atoms with Crippen molar-refractivity contribution >= 4 is 23.2 Å². The third kappa shape index (κ3) is 7.94. The fourth-order valence-electron chi connectivity index (χ4n) is 8.56. The number of aliphatic hydroxyl groups is 2. The first-order valence-electron chi connectivity index (χ1n) is 18.5. The van der Waals surface area contributed by atoms with E-state index in [1.165, 1.54) is 16.9 Å². The number of fused-ring (bicyclic) bond motifs is 8. The van der Waals surface area contributed by atoms with Crippen LogP contribution < -0.4 is 5.32 Å². The predicted octanol–water partition coefficient (Wildman–Crippen LogP) is 8.28. The molecule has 6 atom stereocenters. The molecule has 1 saturated carbocycles. The third-order valence-electron chi connectivity index (χ3n) is 11.7. The molecule has 1 saturated heterocycles. The fraction of sp³-hybridized carbons (Fsp3) is 0.524. The molecule has 4 aliphatic rings. The van der Waals surface area contributed by atoms with Crippen molar-refractivity contribution in [3.63, 3.8) is 0 Å². The first-order chi connectivity index (χ1) is 24.0. The van der Waals surface area contributed by atoms with Gasteiger partial charge in [-0.1, -0.05) is 61.0 Å². The van der Waals surface area contributed by atoms with Crippen molar-refractivity contribution in [2.45, 2.75) is 115 Å². The van der Waals surface area contributed by atoms with E-state index in [0.29, 0.717) is 55.7 Å². The van der Waals surface area contributed by atoms with Crippen LogP contribution in [0.1, 0.15) is 121 Å². The lowest BCUT2D eigenvalue weighted by Gasteiger charge is -2.46. The molecule has 6 unspecified atom stereocenters. The van der Waals surface area contributed by atoms with E-state index in [-0.39, 0.29) is 36.4 Å². The number of hydrogen-bond donors (Lipinski definition) is 3. The van der Waals surface area contributed by atoms with Gasteiger partial charge in [-0.2, -0.15) is 0 Å². The lowest BCUT2D eigenvalue weighted by atomic mass is 9.64. The van der Waals surface area contributed by atoms with Gasteiger partial charge in [-0.05, 0) is 119 Å². The first kappa shape index (κ1) is 36.5. The normalized spacial score (nSPS) is 27.6. The minimum atomic E-state index is -1.21. The molecule has 3 N–H and O–H groups in total. The number of amides is 2. The molecule has 1 aromatic heterocycles. The van der Waals surface area contributed by atoms with Gasteiger partial charge in [0.1, 0.15) is 0 Å². The maximum Gasteiger partial charge on any atom is 0.318 e. The molecule has 8 heteroatoms. The van der Waals surface area contributed by atoms with Gasteiger partial charge < -0.3 is 25.2 Å². The Labute approximate surface area is 301 Å². The molecule has 0 spiro atoms. The van der Waals surface area contributed by atoms with Gasteiger partial charge in [0, 0.05) is 29.0 Å². The number of hydrogen-bond acceptors (Lipinski definition) is 6. The summed E-state index contributed by atoms with van der Waals surface area (Å²) in [6.45, 7) is 9.56. The van der Waals surface area contributed by atoms with E-state index < -0.39 is 17.1 Å². The molecule has 2 amide bonds. The summed E-state index contributed by atoms with van der Waals surface area (Å²) < 4.78 is 6.02. The number of nitrogens with zero attached hydrogens (tertiary/aromatic N) is 1. The van der Waals surface area contributed by atoms with Crippen LogP contribution in [0.25, 0.3) is 0 Å². The molecule has 3 aromatic rings. The number of allylic oxidation sites excluding steroid dienone is 2. The summed E-state index contributed by atoms with van der Waals surface area (Å²) in [5.74, 6) is -0.122. The molecule has 268 valence electrons. The molecule has 3 aliphatic carbocycles. The molecular formula is C42H54N2O5S. The van der Waals surface area contributed by atoms with E-state index in [2.05, 4.69) is 37.4 Å². The largest absolute Gasteiger partial charge is 0.393 e. The van der Waals surface area contributed by atoms with Crippen molar-refractivity contribution in [3.05, 3.63) is 104 Å². The lowest BCUT2D eigenvalue weighted by Crippen LogP contribution is -2.56.